The van der Waals surface area contributed by atoms with Crippen LogP contribution in [0.25, 0.3) is 0 Å². The number of benzene rings is 3. The Balaban J connectivity index is 0.000000254. The maximum Gasteiger partial charge on any atom is 0.304 e. The standard InChI is InChI=1S/C18H17N4.C7H7NO/c1-16-21(19-14-17-8-4-2-5-9-17)12-13-22(16)20-15-18-10-6-3-7-11-18;9-8-6-7-4-2-1-3-5-7/h2-15H,1H3;1-6,9H/q+1;/b19-14+,20-15+;8-6-. The summed E-state index contributed by atoms with van der Waals surface area (Å²) in [6, 6.07) is 29.4. The summed E-state index contributed by atoms with van der Waals surface area (Å²) in [7, 11) is 0. The summed E-state index contributed by atoms with van der Waals surface area (Å²) in [6.45, 7) is 1.98. The highest BCUT2D eigenvalue weighted by Gasteiger charge is 2.10. The van der Waals surface area contributed by atoms with Crippen LogP contribution in [0.15, 0.2) is 119 Å². The van der Waals surface area contributed by atoms with Crippen LogP contribution in [0.3, 0.4) is 0 Å². The van der Waals surface area contributed by atoms with Gasteiger partial charge in [0.2, 0.25) is 0 Å². The molecule has 1 N–H and O–H groups in total. The summed E-state index contributed by atoms with van der Waals surface area (Å²) < 4.78 is 3.60. The zero-order valence-corrected chi connectivity index (χ0v) is 17.2. The maximum atomic E-state index is 8.09. The Bertz CT molecular complexity index is 1070. The molecule has 0 amide bonds. The summed E-state index contributed by atoms with van der Waals surface area (Å²) >= 11 is 0. The van der Waals surface area contributed by atoms with Gasteiger partial charge in [0, 0.05) is 6.92 Å². The molecule has 0 bridgehead atoms. The van der Waals surface area contributed by atoms with Crippen molar-refractivity contribution in [1.29, 1.82) is 0 Å². The summed E-state index contributed by atoms with van der Waals surface area (Å²) in [6.07, 6.45) is 8.82. The van der Waals surface area contributed by atoms with Crippen molar-refractivity contribution < 1.29 is 9.88 Å². The molecular formula is C25H24N5O+. The van der Waals surface area contributed by atoms with Gasteiger partial charge in [-0.3, -0.25) is 0 Å². The number of rotatable bonds is 5. The lowest BCUT2D eigenvalue weighted by atomic mass is 10.2. The van der Waals surface area contributed by atoms with Gasteiger partial charge in [0.15, 0.2) is 12.4 Å². The second-order valence-corrected chi connectivity index (χ2v) is 6.50. The highest BCUT2D eigenvalue weighted by molar-refractivity contribution is 5.79. The molecule has 1 heterocycles. The molecule has 6 nitrogen and oxygen atoms in total. The molecule has 3 aromatic carbocycles. The molecule has 0 aliphatic rings. The van der Waals surface area contributed by atoms with Gasteiger partial charge in [-0.2, -0.15) is 0 Å². The van der Waals surface area contributed by atoms with Gasteiger partial charge in [0.25, 0.3) is 0 Å². The monoisotopic (exact) mass is 410 g/mol. The van der Waals surface area contributed by atoms with Crippen LogP contribution in [0.2, 0.25) is 0 Å². The van der Waals surface area contributed by atoms with Crippen molar-refractivity contribution in [2.45, 2.75) is 6.92 Å². The van der Waals surface area contributed by atoms with E-state index in [0.717, 1.165) is 22.5 Å². The van der Waals surface area contributed by atoms with Gasteiger partial charge in [-0.05, 0) is 16.7 Å². The molecule has 0 aliphatic carbocycles. The van der Waals surface area contributed by atoms with Gasteiger partial charge >= 0.3 is 5.82 Å². The molecule has 4 rings (SSSR count). The number of imidazole rings is 1. The van der Waals surface area contributed by atoms with Crippen LogP contribution >= 0.6 is 0 Å². The number of nitrogens with zero attached hydrogens (tertiary/aromatic N) is 5. The van der Waals surface area contributed by atoms with Crippen molar-refractivity contribution in [3.63, 3.8) is 0 Å². The molecule has 0 saturated heterocycles. The van der Waals surface area contributed by atoms with Crippen LogP contribution in [0.4, 0.5) is 0 Å². The van der Waals surface area contributed by atoms with E-state index in [1.165, 1.54) is 6.21 Å². The molecule has 0 atom stereocenters. The van der Waals surface area contributed by atoms with Crippen LogP contribution < -0.4 is 4.68 Å². The predicted molar refractivity (Wildman–Crippen MR) is 124 cm³/mol. The summed E-state index contributed by atoms with van der Waals surface area (Å²) in [5.41, 5.74) is 3.03. The van der Waals surface area contributed by atoms with Crippen LogP contribution in [0, 0.1) is 6.92 Å². The van der Waals surface area contributed by atoms with Crippen molar-refractivity contribution in [3.8, 4) is 0 Å². The molecule has 6 heteroatoms. The lowest BCUT2D eigenvalue weighted by Gasteiger charge is -1.92. The van der Waals surface area contributed by atoms with Crippen LogP contribution in [0.1, 0.15) is 22.5 Å². The van der Waals surface area contributed by atoms with E-state index in [2.05, 4.69) is 15.4 Å². The Hall–Kier alpha value is -4.32. The zero-order valence-electron chi connectivity index (χ0n) is 17.2. The van der Waals surface area contributed by atoms with E-state index in [0.29, 0.717) is 0 Å². The topological polar surface area (TPSA) is 66.1 Å². The average molecular weight is 411 g/mol. The minimum Gasteiger partial charge on any atom is -0.411 e. The molecule has 0 unspecified atom stereocenters. The normalized spacial score (nSPS) is 11.1. The maximum absolute atomic E-state index is 8.09. The minimum atomic E-state index is 0.903. The van der Waals surface area contributed by atoms with Gasteiger partial charge in [0.05, 0.1) is 18.6 Å². The van der Waals surface area contributed by atoms with Crippen molar-refractivity contribution >= 4 is 18.6 Å². The van der Waals surface area contributed by atoms with E-state index >= 15 is 0 Å². The largest absolute Gasteiger partial charge is 0.411 e. The summed E-state index contributed by atoms with van der Waals surface area (Å²) in [5.74, 6) is 0.930. The highest BCUT2D eigenvalue weighted by Crippen LogP contribution is 1.98. The third kappa shape index (κ3) is 6.90. The van der Waals surface area contributed by atoms with Gasteiger partial charge in [0.1, 0.15) is 0 Å². The molecule has 1 aromatic heterocycles. The lowest BCUT2D eigenvalue weighted by Crippen LogP contribution is -2.29. The van der Waals surface area contributed by atoms with Crippen molar-refractivity contribution in [2.75, 3.05) is 0 Å². The second kappa shape index (κ2) is 11.6. The number of aromatic nitrogens is 2. The van der Waals surface area contributed by atoms with Crippen LogP contribution in [-0.2, 0) is 0 Å². The average Bonchev–Trinajstić information content (AvgIpc) is 3.18. The quantitative estimate of drug-likeness (QED) is 0.226. The SMILES string of the molecule is Cc1n(/N=C/c2ccccc2)cc[n+]1/N=C/c1ccccc1.O/N=C\c1ccccc1. The Labute approximate surface area is 181 Å². The van der Waals surface area contributed by atoms with E-state index in [4.69, 9.17) is 5.21 Å². The van der Waals surface area contributed by atoms with Gasteiger partial charge < -0.3 is 5.21 Å². The Morgan fingerprint density at radius 1 is 0.710 bits per heavy atom. The third-order valence-corrected chi connectivity index (χ3v) is 4.28. The van der Waals surface area contributed by atoms with Gasteiger partial charge in [-0.15, -0.1) is 9.35 Å². The first kappa shape index (κ1) is 21.4. The molecule has 154 valence electrons. The van der Waals surface area contributed by atoms with Crippen LogP contribution in [-0.4, -0.2) is 28.5 Å². The number of oxime groups is 1. The Kier molecular flexibility index (Phi) is 8.02. The first-order valence-corrected chi connectivity index (χ1v) is 9.77. The molecular weight excluding hydrogens is 386 g/mol. The van der Waals surface area contributed by atoms with Gasteiger partial charge in [-0.1, -0.05) is 106 Å². The van der Waals surface area contributed by atoms with Crippen molar-refractivity contribution in [1.82, 2.24) is 4.68 Å². The van der Waals surface area contributed by atoms with Crippen molar-refractivity contribution in [2.24, 2.45) is 15.4 Å². The predicted octanol–water partition coefficient (Wildman–Crippen LogP) is 4.34. The molecule has 0 spiro atoms. The Morgan fingerprint density at radius 3 is 1.71 bits per heavy atom. The molecule has 31 heavy (non-hydrogen) atoms. The second-order valence-electron chi connectivity index (χ2n) is 6.50. The van der Waals surface area contributed by atoms with E-state index in [9.17, 15) is 0 Å². The molecule has 0 radical (unpaired) electrons. The lowest BCUT2D eigenvalue weighted by molar-refractivity contribution is -0.684. The van der Waals surface area contributed by atoms with E-state index in [-0.39, 0.29) is 0 Å². The summed E-state index contributed by atoms with van der Waals surface area (Å²) in [5, 5.41) is 19.9. The fraction of sp³-hybridized carbons (Fsp3) is 0.0400. The number of hydrogen-bond donors (Lipinski definition) is 1. The fourth-order valence-corrected chi connectivity index (χ4v) is 2.63. The zero-order chi connectivity index (χ0) is 21.7. The smallest absolute Gasteiger partial charge is 0.304 e. The third-order valence-electron chi connectivity index (χ3n) is 4.28. The fourth-order valence-electron chi connectivity index (χ4n) is 2.63. The first-order valence-electron chi connectivity index (χ1n) is 9.77. The van der Waals surface area contributed by atoms with E-state index < -0.39 is 0 Å². The highest BCUT2D eigenvalue weighted by atomic mass is 16.4. The van der Waals surface area contributed by atoms with Crippen LogP contribution in [0.5, 0.6) is 0 Å². The van der Waals surface area contributed by atoms with Crippen molar-refractivity contribution in [3.05, 3.63) is 126 Å². The van der Waals surface area contributed by atoms with E-state index in [1.807, 2.05) is 123 Å². The summed E-state index contributed by atoms with van der Waals surface area (Å²) in [4.78, 5) is 0. The molecule has 4 aromatic rings. The molecule has 0 saturated carbocycles. The Morgan fingerprint density at radius 2 is 1.19 bits per heavy atom. The first-order chi connectivity index (χ1) is 15.3. The minimum absolute atomic E-state index is 0.903. The van der Waals surface area contributed by atoms with E-state index in [1.54, 1.807) is 9.35 Å². The molecule has 0 aliphatic heterocycles. The van der Waals surface area contributed by atoms with Gasteiger partial charge in [-0.25, -0.2) is 0 Å². The molecule has 0 fully saturated rings. The number of hydrogen-bond acceptors (Lipinski definition) is 4.